The standard InChI is InChI=1S/C21H27N3S/c1-16-7-6-8-19(15-16)23-21(25)22-17(2)18-9-11-20(12-10-18)24-13-4-3-5-14-24/h6-12,15,17H,3-5,13-14H2,1-2H3,(H2,22,23,25)/t17-/m0/s1. The van der Waals surface area contributed by atoms with Crippen molar-refractivity contribution >= 4 is 28.7 Å². The molecule has 3 nitrogen and oxygen atoms in total. The van der Waals surface area contributed by atoms with Crippen molar-refractivity contribution in [3.8, 4) is 0 Å². The first kappa shape index (κ1) is 17.7. The largest absolute Gasteiger partial charge is 0.372 e. The molecule has 2 aromatic carbocycles. The van der Waals surface area contributed by atoms with Gasteiger partial charge in [-0.05, 0) is 80.7 Å². The van der Waals surface area contributed by atoms with Crippen LogP contribution in [0.3, 0.4) is 0 Å². The lowest BCUT2D eigenvalue weighted by atomic mass is 10.1. The number of piperidine rings is 1. The van der Waals surface area contributed by atoms with Crippen LogP contribution < -0.4 is 15.5 Å². The molecule has 0 bridgehead atoms. The topological polar surface area (TPSA) is 27.3 Å². The van der Waals surface area contributed by atoms with Gasteiger partial charge in [0.2, 0.25) is 0 Å². The van der Waals surface area contributed by atoms with E-state index in [1.54, 1.807) is 0 Å². The van der Waals surface area contributed by atoms with Crippen LogP contribution in [0, 0.1) is 6.92 Å². The molecule has 1 saturated heterocycles. The van der Waals surface area contributed by atoms with Gasteiger partial charge in [-0.15, -0.1) is 0 Å². The lowest BCUT2D eigenvalue weighted by molar-refractivity contribution is 0.577. The first-order valence-electron chi connectivity index (χ1n) is 9.11. The van der Waals surface area contributed by atoms with Crippen molar-refractivity contribution in [2.75, 3.05) is 23.3 Å². The van der Waals surface area contributed by atoms with Gasteiger partial charge in [-0.3, -0.25) is 0 Å². The number of anilines is 2. The number of nitrogens with one attached hydrogen (secondary N) is 2. The van der Waals surface area contributed by atoms with E-state index < -0.39 is 0 Å². The molecule has 0 radical (unpaired) electrons. The smallest absolute Gasteiger partial charge is 0.171 e. The highest BCUT2D eigenvalue weighted by atomic mass is 32.1. The molecule has 0 aromatic heterocycles. The highest BCUT2D eigenvalue weighted by Crippen LogP contribution is 2.22. The third kappa shape index (κ3) is 4.95. The molecule has 2 aromatic rings. The molecule has 1 fully saturated rings. The first-order chi connectivity index (χ1) is 12.1. The van der Waals surface area contributed by atoms with Crippen LogP contribution in [-0.4, -0.2) is 18.2 Å². The van der Waals surface area contributed by atoms with Gasteiger partial charge < -0.3 is 15.5 Å². The van der Waals surface area contributed by atoms with Gasteiger partial charge in [0.1, 0.15) is 0 Å². The van der Waals surface area contributed by atoms with E-state index in [4.69, 9.17) is 12.2 Å². The molecule has 132 valence electrons. The molecule has 25 heavy (non-hydrogen) atoms. The van der Waals surface area contributed by atoms with Crippen LogP contribution in [0.1, 0.15) is 43.4 Å². The molecule has 1 aliphatic rings. The molecular weight excluding hydrogens is 326 g/mol. The van der Waals surface area contributed by atoms with Crippen molar-refractivity contribution in [2.45, 2.75) is 39.2 Å². The molecule has 0 spiro atoms. The van der Waals surface area contributed by atoms with Crippen molar-refractivity contribution < 1.29 is 0 Å². The highest BCUT2D eigenvalue weighted by molar-refractivity contribution is 7.80. The van der Waals surface area contributed by atoms with Gasteiger partial charge in [-0.2, -0.15) is 0 Å². The number of hydrogen-bond donors (Lipinski definition) is 2. The molecule has 1 heterocycles. The van der Waals surface area contributed by atoms with Crippen molar-refractivity contribution in [3.05, 3.63) is 59.7 Å². The third-order valence-electron chi connectivity index (χ3n) is 4.74. The number of hydrogen-bond acceptors (Lipinski definition) is 2. The Hall–Kier alpha value is -2.07. The van der Waals surface area contributed by atoms with Gasteiger partial charge in [0.25, 0.3) is 0 Å². The average Bonchev–Trinajstić information content (AvgIpc) is 2.62. The van der Waals surface area contributed by atoms with E-state index >= 15 is 0 Å². The Morgan fingerprint density at radius 2 is 1.76 bits per heavy atom. The maximum Gasteiger partial charge on any atom is 0.171 e. The second kappa shape index (κ2) is 8.34. The second-order valence-corrected chi connectivity index (χ2v) is 7.24. The average molecular weight is 354 g/mol. The van der Waals surface area contributed by atoms with E-state index in [1.165, 1.54) is 49.2 Å². The molecule has 4 heteroatoms. The number of thiocarbonyl (C=S) groups is 1. The summed E-state index contributed by atoms with van der Waals surface area (Å²) in [6.45, 7) is 6.57. The highest BCUT2D eigenvalue weighted by Gasteiger charge is 2.12. The zero-order valence-corrected chi connectivity index (χ0v) is 15.9. The summed E-state index contributed by atoms with van der Waals surface area (Å²) in [6, 6.07) is 17.3. The Bertz CT molecular complexity index is 705. The summed E-state index contributed by atoms with van der Waals surface area (Å²) >= 11 is 5.45. The van der Waals surface area contributed by atoms with Crippen LogP contribution in [0.25, 0.3) is 0 Å². The van der Waals surface area contributed by atoms with Gasteiger partial charge in [-0.1, -0.05) is 24.3 Å². The summed E-state index contributed by atoms with van der Waals surface area (Å²) in [5.41, 5.74) is 4.81. The zero-order valence-electron chi connectivity index (χ0n) is 15.1. The van der Waals surface area contributed by atoms with Crippen LogP contribution in [0.5, 0.6) is 0 Å². The molecule has 0 aliphatic carbocycles. The van der Waals surface area contributed by atoms with Crippen molar-refractivity contribution in [1.29, 1.82) is 0 Å². The van der Waals surface area contributed by atoms with E-state index in [0.717, 1.165) is 5.69 Å². The fourth-order valence-corrected chi connectivity index (χ4v) is 3.59. The number of aryl methyl sites for hydroxylation is 1. The molecule has 0 saturated carbocycles. The van der Waals surface area contributed by atoms with Gasteiger partial charge >= 0.3 is 0 Å². The minimum Gasteiger partial charge on any atom is -0.372 e. The number of rotatable bonds is 4. The Morgan fingerprint density at radius 1 is 1.04 bits per heavy atom. The number of benzene rings is 2. The monoisotopic (exact) mass is 353 g/mol. The van der Waals surface area contributed by atoms with Crippen LogP contribution >= 0.6 is 12.2 Å². The Kier molecular flexibility index (Phi) is 5.92. The second-order valence-electron chi connectivity index (χ2n) is 6.83. The van der Waals surface area contributed by atoms with E-state index in [9.17, 15) is 0 Å². The lowest BCUT2D eigenvalue weighted by Gasteiger charge is -2.29. The quantitative estimate of drug-likeness (QED) is 0.754. The van der Waals surface area contributed by atoms with Gasteiger partial charge in [0.05, 0.1) is 6.04 Å². The molecule has 3 rings (SSSR count). The van der Waals surface area contributed by atoms with Crippen molar-refractivity contribution in [1.82, 2.24) is 5.32 Å². The summed E-state index contributed by atoms with van der Waals surface area (Å²) in [5.74, 6) is 0. The van der Waals surface area contributed by atoms with Gasteiger partial charge in [-0.25, -0.2) is 0 Å². The maximum atomic E-state index is 5.45. The molecule has 0 unspecified atom stereocenters. The Labute approximate surface area is 156 Å². The summed E-state index contributed by atoms with van der Waals surface area (Å²) < 4.78 is 0. The normalized spacial score (nSPS) is 15.5. The van der Waals surface area contributed by atoms with Crippen LogP contribution in [0.4, 0.5) is 11.4 Å². The summed E-state index contributed by atoms with van der Waals surface area (Å²) in [4.78, 5) is 2.48. The predicted molar refractivity (Wildman–Crippen MR) is 111 cm³/mol. The third-order valence-corrected chi connectivity index (χ3v) is 4.96. The fourth-order valence-electron chi connectivity index (χ4n) is 3.30. The van der Waals surface area contributed by atoms with Crippen LogP contribution in [0.2, 0.25) is 0 Å². The van der Waals surface area contributed by atoms with Crippen LogP contribution in [-0.2, 0) is 0 Å². The van der Waals surface area contributed by atoms with E-state index in [-0.39, 0.29) is 6.04 Å². The summed E-state index contributed by atoms with van der Waals surface area (Å²) in [5, 5.41) is 7.28. The minimum atomic E-state index is 0.167. The molecule has 1 aliphatic heterocycles. The van der Waals surface area contributed by atoms with Crippen molar-refractivity contribution in [2.24, 2.45) is 0 Å². The molecule has 0 amide bonds. The SMILES string of the molecule is Cc1cccc(NC(=S)N[C@@H](C)c2ccc(N3CCCCC3)cc2)c1. The molecule has 1 atom stereocenters. The maximum absolute atomic E-state index is 5.45. The zero-order chi connectivity index (χ0) is 17.6. The fraction of sp³-hybridized carbons (Fsp3) is 0.381. The minimum absolute atomic E-state index is 0.167. The van der Waals surface area contributed by atoms with Crippen LogP contribution in [0.15, 0.2) is 48.5 Å². The van der Waals surface area contributed by atoms with E-state index in [0.29, 0.717) is 5.11 Å². The van der Waals surface area contributed by atoms with E-state index in [1.807, 2.05) is 12.1 Å². The molecular formula is C21H27N3S. The Morgan fingerprint density at radius 3 is 2.44 bits per heavy atom. The Balaban J connectivity index is 1.57. The van der Waals surface area contributed by atoms with Crippen molar-refractivity contribution in [3.63, 3.8) is 0 Å². The first-order valence-corrected chi connectivity index (χ1v) is 9.52. The lowest BCUT2D eigenvalue weighted by Crippen LogP contribution is -2.31. The van der Waals surface area contributed by atoms with Gasteiger partial charge in [0, 0.05) is 24.5 Å². The van der Waals surface area contributed by atoms with E-state index in [2.05, 4.69) is 65.8 Å². The predicted octanol–water partition coefficient (Wildman–Crippen LogP) is 5.03. The molecule has 2 N–H and O–H groups in total. The van der Waals surface area contributed by atoms with Gasteiger partial charge in [0.15, 0.2) is 5.11 Å². The summed E-state index contributed by atoms with van der Waals surface area (Å²) in [7, 11) is 0. The summed E-state index contributed by atoms with van der Waals surface area (Å²) in [6.07, 6.45) is 3.97. The number of nitrogens with zero attached hydrogens (tertiary/aromatic N) is 1.